The molecule has 1 heterocycles. The van der Waals surface area contributed by atoms with E-state index in [0.29, 0.717) is 6.54 Å². The molecule has 0 atom stereocenters. The number of methoxy groups -OCH3 is 1. The van der Waals surface area contributed by atoms with E-state index in [-0.39, 0.29) is 23.9 Å². The quantitative estimate of drug-likeness (QED) is 0.719. The molecule has 0 aliphatic rings. The number of aromatic amines is 1. The van der Waals surface area contributed by atoms with Crippen molar-refractivity contribution in [3.8, 4) is 5.75 Å². The lowest BCUT2D eigenvalue weighted by Gasteiger charge is -2.09. The van der Waals surface area contributed by atoms with E-state index in [0.717, 1.165) is 5.56 Å². The van der Waals surface area contributed by atoms with Crippen LogP contribution in [0.3, 0.4) is 0 Å². The predicted octanol–water partition coefficient (Wildman–Crippen LogP) is 0.430. The molecular weight excluding hydrogens is 298 g/mol. The first kappa shape index (κ1) is 16.3. The highest BCUT2D eigenvalue weighted by Crippen LogP contribution is 2.08. The minimum absolute atomic E-state index is 0.0177. The number of H-pyrrole nitrogens is 1. The van der Waals surface area contributed by atoms with Gasteiger partial charge >= 0.3 is 0 Å². The minimum Gasteiger partial charge on any atom is -0.491 e. The lowest BCUT2D eigenvalue weighted by molar-refractivity contribution is -0.120. The highest BCUT2D eigenvalue weighted by molar-refractivity contribution is 5.96. The fourth-order valence-corrected chi connectivity index (χ4v) is 1.94. The van der Waals surface area contributed by atoms with Crippen molar-refractivity contribution >= 4 is 11.8 Å². The van der Waals surface area contributed by atoms with Gasteiger partial charge in [0.2, 0.25) is 11.3 Å². The molecule has 0 radical (unpaired) electrons. The van der Waals surface area contributed by atoms with Gasteiger partial charge in [0.05, 0.1) is 13.7 Å². The average Bonchev–Trinajstić information content (AvgIpc) is 2.58. The van der Waals surface area contributed by atoms with Crippen LogP contribution in [0, 0.1) is 0 Å². The summed E-state index contributed by atoms with van der Waals surface area (Å²) in [5.74, 6) is -1.01. The summed E-state index contributed by atoms with van der Waals surface area (Å²) >= 11 is 0. The van der Waals surface area contributed by atoms with Gasteiger partial charge in [-0.05, 0) is 5.56 Å². The normalized spacial score (nSPS) is 9.96. The number of hydrogen-bond acceptors (Lipinski definition) is 4. The van der Waals surface area contributed by atoms with Gasteiger partial charge in [0.25, 0.3) is 5.91 Å². The number of rotatable bonds is 6. The third-order valence-corrected chi connectivity index (χ3v) is 3.09. The number of ether oxygens (including phenoxy) is 1. The van der Waals surface area contributed by atoms with Crippen LogP contribution < -0.4 is 20.8 Å². The Labute approximate surface area is 132 Å². The molecule has 0 saturated carbocycles. The number of amides is 2. The number of benzene rings is 1. The Kier molecular flexibility index (Phi) is 5.51. The van der Waals surface area contributed by atoms with Crippen molar-refractivity contribution in [1.29, 1.82) is 0 Å². The molecule has 1 aromatic carbocycles. The smallest absolute Gasteiger partial charge is 0.272 e. The predicted molar refractivity (Wildman–Crippen MR) is 84.2 cm³/mol. The maximum absolute atomic E-state index is 12.0. The van der Waals surface area contributed by atoms with E-state index in [1.54, 1.807) is 0 Å². The van der Waals surface area contributed by atoms with E-state index >= 15 is 0 Å². The van der Waals surface area contributed by atoms with Gasteiger partial charge in [-0.2, -0.15) is 0 Å². The number of carbonyl (C=O) groups excluding carboxylic acids is 2. The Morgan fingerprint density at radius 2 is 1.87 bits per heavy atom. The second kappa shape index (κ2) is 7.79. The summed E-state index contributed by atoms with van der Waals surface area (Å²) in [6.45, 7) is 0.173. The molecule has 3 N–H and O–H groups in total. The summed E-state index contributed by atoms with van der Waals surface area (Å²) in [7, 11) is 1.30. The number of aromatic nitrogens is 1. The summed E-state index contributed by atoms with van der Waals surface area (Å²) in [6.07, 6.45) is 1.34. The first-order valence-corrected chi connectivity index (χ1v) is 6.96. The number of carbonyl (C=O) groups is 2. The molecule has 0 bridgehead atoms. The molecular formula is C16H17N3O4. The van der Waals surface area contributed by atoms with Crippen molar-refractivity contribution in [2.45, 2.75) is 6.54 Å². The molecule has 7 nitrogen and oxygen atoms in total. The molecule has 0 spiro atoms. The van der Waals surface area contributed by atoms with E-state index < -0.39 is 11.3 Å². The minimum atomic E-state index is -0.589. The molecule has 23 heavy (non-hydrogen) atoms. The van der Waals surface area contributed by atoms with E-state index in [1.165, 1.54) is 19.4 Å². The first-order chi connectivity index (χ1) is 11.1. The zero-order valence-electron chi connectivity index (χ0n) is 12.6. The highest BCUT2D eigenvalue weighted by atomic mass is 16.5. The number of pyridine rings is 1. The van der Waals surface area contributed by atoms with Crippen LogP contribution >= 0.6 is 0 Å². The van der Waals surface area contributed by atoms with E-state index in [9.17, 15) is 14.4 Å². The van der Waals surface area contributed by atoms with Crippen molar-refractivity contribution in [2.75, 3.05) is 13.7 Å². The third-order valence-electron chi connectivity index (χ3n) is 3.09. The highest BCUT2D eigenvalue weighted by Gasteiger charge is 2.16. The molecule has 0 fully saturated rings. The zero-order valence-corrected chi connectivity index (χ0v) is 12.6. The molecule has 0 unspecified atom stereocenters. The van der Waals surface area contributed by atoms with Crippen LogP contribution in [-0.4, -0.2) is 30.5 Å². The second-order valence-electron chi connectivity index (χ2n) is 4.70. The Balaban J connectivity index is 1.88. The topological polar surface area (TPSA) is 100 Å². The molecule has 0 saturated heterocycles. The molecule has 120 valence electrons. The fourth-order valence-electron chi connectivity index (χ4n) is 1.94. The second-order valence-corrected chi connectivity index (χ2v) is 4.70. The van der Waals surface area contributed by atoms with E-state index in [2.05, 4.69) is 15.6 Å². The van der Waals surface area contributed by atoms with Crippen molar-refractivity contribution in [3.05, 3.63) is 64.1 Å². The molecule has 0 aliphatic heterocycles. The van der Waals surface area contributed by atoms with Crippen LogP contribution in [0.15, 0.2) is 47.4 Å². The lowest BCUT2D eigenvalue weighted by Crippen LogP contribution is -2.37. The fraction of sp³-hybridized carbons (Fsp3) is 0.188. The van der Waals surface area contributed by atoms with Gasteiger partial charge in [0, 0.05) is 18.8 Å². The Bertz CT molecular complexity index is 740. The van der Waals surface area contributed by atoms with Crippen LogP contribution in [0.25, 0.3) is 0 Å². The average molecular weight is 315 g/mol. The monoisotopic (exact) mass is 315 g/mol. The molecule has 0 aliphatic carbocycles. The summed E-state index contributed by atoms with van der Waals surface area (Å²) in [5.41, 5.74) is 0.530. The molecule has 2 aromatic rings. The number of hydrogen-bond donors (Lipinski definition) is 3. The van der Waals surface area contributed by atoms with Crippen molar-refractivity contribution in [2.24, 2.45) is 0 Å². The lowest BCUT2D eigenvalue weighted by atomic mass is 10.2. The maximum atomic E-state index is 12.0. The van der Waals surface area contributed by atoms with Crippen molar-refractivity contribution in [3.63, 3.8) is 0 Å². The van der Waals surface area contributed by atoms with Gasteiger partial charge in [-0.15, -0.1) is 0 Å². The van der Waals surface area contributed by atoms with Crippen molar-refractivity contribution < 1.29 is 14.3 Å². The largest absolute Gasteiger partial charge is 0.491 e. The van der Waals surface area contributed by atoms with E-state index in [4.69, 9.17) is 4.74 Å². The van der Waals surface area contributed by atoms with Crippen LogP contribution in [0.5, 0.6) is 5.75 Å². The standard InChI is InChI=1S/C16H17N3O4/c1-23-15-12(20)7-8-17-14(15)16(22)19-10-13(21)18-9-11-5-3-2-4-6-11/h2-8H,9-10H2,1H3,(H,17,20)(H,18,21)(H,19,22). The first-order valence-electron chi connectivity index (χ1n) is 6.96. The summed E-state index contributed by atoms with van der Waals surface area (Å²) in [5, 5.41) is 5.12. The zero-order chi connectivity index (χ0) is 16.7. The summed E-state index contributed by atoms with van der Waals surface area (Å²) < 4.78 is 4.90. The molecule has 7 heteroatoms. The maximum Gasteiger partial charge on any atom is 0.272 e. The van der Waals surface area contributed by atoms with Crippen molar-refractivity contribution in [1.82, 2.24) is 15.6 Å². The van der Waals surface area contributed by atoms with Gasteiger partial charge in [-0.3, -0.25) is 14.4 Å². The van der Waals surface area contributed by atoms with Crippen LogP contribution in [0.1, 0.15) is 16.1 Å². The van der Waals surface area contributed by atoms with Gasteiger partial charge in [-0.1, -0.05) is 30.3 Å². The Hall–Kier alpha value is -3.09. The van der Waals surface area contributed by atoms with Gasteiger partial charge in [0.15, 0.2) is 11.4 Å². The summed E-state index contributed by atoms with van der Waals surface area (Å²) in [4.78, 5) is 38.0. The van der Waals surface area contributed by atoms with Gasteiger partial charge in [0.1, 0.15) is 0 Å². The molecule has 2 rings (SSSR count). The SMILES string of the molecule is COc1c(C(=O)NCC(=O)NCc2ccccc2)[nH]ccc1=O. The van der Waals surface area contributed by atoms with Gasteiger partial charge < -0.3 is 20.4 Å². The van der Waals surface area contributed by atoms with Crippen LogP contribution in [-0.2, 0) is 11.3 Å². The molecule has 2 amide bonds. The third kappa shape index (κ3) is 4.44. The van der Waals surface area contributed by atoms with Crippen LogP contribution in [0.2, 0.25) is 0 Å². The van der Waals surface area contributed by atoms with Crippen LogP contribution in [0.4, 0.5) is 0 Å². The number of nitrogens with one attached hydrogen (secondary N) is 3. The summed E-state index contributed by atoms with van der Waals surface area (Å²) in [6, 6.07) is 10.7. The van der Waals surface area contributed by atoms with Gasteiger partial charge in [-0.25, -0.2) is 0 Å². The Morgan fingerprint density at radius 1 is 1.13 bits per heavy atom. The van der Waals surface area contributed by atoms with E-state index in [1.807, 2.05) is 30.3 Å². The Morgan fingerprint density at radius 3 is 2.57 bits per heavy atom. The molecule has 1 aromatic heterocycles.